The molecule has 1 saturated heterocycles. The van der Waals surface area contributed by atoms with Crippen LogP contribution in [-0.4, -0.2) is 53.3 Å². The van der Waals surface area contributed by atoms with E-state index in [1.165, 1.54) is 11.2 Å². The van der Waals surface area contributed by atoms with Gasteiger partial charge in [-0.15, -0.1) is 0 Å². The molecule has 1 atom stereocenters. The van der Waals surface area contributed by atoms with Crippen LogP contribution in [-0.2, 0) is 15.0 Å². The highest BCUT2D eigenvalue weighted by atomic mass is 32.2. The van der Waals surface area contributed by atoms with Crippen LogP contribution in [0.2, 0.25) is 0 Å². The van der Waals surface area contributed by atoms with Crippen LogP contribution in [0.3, 0.4) is 0 Å². The van der Waals surface area contributed by atoms with Gasteiger partial charge in [-0.1, -0.05) is 0 Å². The van der Waals surface area contributed by atoms with Crippen molar-refractivity contribution in [3.05, 3.63) is 0 Å². The van der Waals surface area contributed by atoms with Crippen molar-refractivity contribution < 1.29 is 18.3 Å². The molecule has 1 aliphatic carbocycles. The van der Waals surface area contributed by atoms with Gasteiger partial charge in [0.1, 0.15) is 6.04 Å². The Morgan fingerprint density at radius 3 is 2.47 bits per heavy atom. The molecule has 0 aromatic rings. The van der Waals surface area contributed by atoms with Crippen LogP contribution in [0.15, 0.2) is 0 Å². The molecule has 0 radical (unpaired) electrons. The first-order valence-electron chi connectivity index (χ1n) is 4.96. The lowest BCUT2D eigenvalue weighted by Crippen LogP contribution is -2.43. The van der Waals surface area contributed by atoms with Crippen molar-refractivity contribution in [1.82, 2.24) is 8.61 Å². The quantitative estimate of drug-likeness (QED) is 0.713. The summed E-state index contributed by atoms with van der Waals surface area (Å²) in [6, 6.07) is -0.861. The van der Waals surface area contributed by atoms with Gasteiger partial charge in [0.2, 0.25) is 0 Å². The maximum Gasteiger partial charge on any atom is 0.321 e. The Bertz CT molecular complexity index is 376. The molecule has 1 saturated carbocycles. The molecule has 0 unspecified atom stereocenters. The first-order valence-corrected chi connectivity index (χ1v) is 6.35. The predicted molar refractivity (Wildman–Crippen MR) is 52.5 cm³/mol. The first kappa shape index (κ1) is 10.8. The number of hydrogen-bond acceptors (Lipinski definition) is 3. The van der Waals surface area contributed by atoms with E-state index in [4.69, 9.17) is 5.11 Å². The standard InChI is InChI=1S/C8H14N2O4S/c1-6(8(11)12)9-4-5-10(7-2-3-7)15(9,13)14/h6-7H,2-5H2,1H3,(H,11,12)/t6-/m1/s1. The van der Waals surface area contributed by atoms with E-state index in [1.807, 2.05) is 0 Å². The van der Waals surface area contributed by atoms with Crippen molar-refractivity contribution >= 4 is 16.2 Å². The van der Waals surface area contributed by atoms with Crippen molar-refractivity contribution in [2.75, 3.05) is 13.1 Å². The molecule has 2 aliphatic rings. The maximum absolute atomic E-state index is 11.9. The fourth-order valence-electron chi connectivity index (χ4n) is 1.81. The molecule has 15 heavy (non-hydrogen) atoms. The van der Waals surface area contributed by atoms with Crippen LogP contribution < -0.4 is 0 Å². The molecule has 7 heteroatoms. The van der Waals surface area contributed by atoms with Gasteiger partial charge in [0, 0.05) is 19.1 Å². The highest BCUT2D eigenvalue weighted by Gasteiger charge is 2.47. The van der Waals surface area contributed by atoms with Crippen LogP contribution in [0.5, 0.6) is 0 Å². The van der Waals surface area contributed by atoms with Gasteiger partial charge in [0.25, 0.3) is 10.2 Å². The normalized spacial score (nSPS) is 29.1. The van der Waals surface area contributed by atoms with Gasteiger partial charge in [-0.05, 0) is 19.8 Å². The number of aliphatic carboxylic acids is 1. The molecule has 1 aliphatic heterocycles. The number of carbonyl (C=O) groups is 1. The first-order chi connectivity index (χ1) is 6.94. The summed E-state index contributed by atoms with van der Waals surface area (Å²) >= 11 is 0. The molecular weight excluding hydrogens is 220 g/mol. The summed E-state index contributed by atoms with van der Waals surface area (Å²) in [6.45, 7) is 2.10. The highest BCUT2D eigenvalue weighted by molar-refractivity contribution is 7.87. The molecule has 0 aromatic heterocycles. The Hall–Kier alpha value is -0.660. The maximum atomic E-state index is 11.9. The fraction of sp³-hybridized carbons (Fsp3) is 0.875. The van der Waals surface area contributed by atoms with Gasteiger partial charge < -0.3 is 5.11 Å². The lowest BCUT2D eigenvalue weighted by atomic mass is 10.3. The number of rotatable bonds is 3. The molecule has 6 nitrogen and oxygen atoms in total. The van der Waals surface area contributed by atoms with Crippen LogP contribution in [0, 0.1) is 0 Å². The molecule has 0 bridgehead atoms. The monoisotopic (exact) mass is 234 g/mol. The zero-order valence-corrected chi connectivity index (χ0v) is 9.27. The predicted octanol–water partition coefficient (Wildman–Crippen LogP) is -0.516. The van der Waals surface area contributed by atoms with E-state index < -0.39 is 22.2 Å². The molecule has 2 rings (SSSR count). The Labute approximate surface area is 88.7 Å². The average Bonchev–Trinajstić information content (AvgIpc) is 2.90. The van der Waals surface area contributed by atoms with E-state index >= 15 is 0 Å². The lowest BCUT2D eigenvalue weighted by molar-refractivity contribution is -0.140. The number of nitrogens with zero attached hydrogens (tertiary/aromatic N) is 2. The molecule has 0 aromatic carbocycles. The minimum Gasteiger partial charge on any atom is -0.480 e. The number of hydrogen-bond donors (Lipinski definition) is 1. The van der Waals surface area contributed by atoms with Crippen molar-refractivity contribution in [3.8, 4) is 0 Å². The molecular formula is C8H14N2O4S. The minimum absolute atomic E-state index is 0.112. The molecule has 0 spiro atoms. The van der Waals surface area contributed by atoms with E-state index in [0.29, 0.717) is 6.54 Å². The third kappa shape index (κ3) is 1.75. The van der Waals surface area contributed by atoms with Gasteiger partial charge in [-0.3, -0.25) is 4.79 Å². The third-order valence-corrected chi connectivity index (χ3v) is 5.04. The molecule has 1 heterocycles. The number of carboxylic acids is 1. The van der Waals surface area contributed by atoms with Crippen molar-refractivity contribution in [1.29, 1.82) is 0 Å². The Kier molecular flexibility index (Phi) is 2.48. The van der Waals surface area contributed by atoms with Crippen LogP contribution in [0.1, 0.15) is 19.8 Å². The van der Waals surface area contributed by atoms with Crippen LogP contribution in [0.25, 0.3) is 0 Å². The Balaban J connectivity index is 2.19. The van der Waals surface area contributed by atoms with Crippen molar-refractivity contribution in [3.63, 3.8) is 0 Å². The largest absolute Gasteiger partial charge is 0.480 e. The van der Waals surface area contributed by atoms with E-state index in [1.54, 1.807) is 0 Å². The zero-order valence-electron chi connectivity index (χ0n) is 8.46. The summed E-state index contributed by atoms with van der Waals surface area (Å²) in [5, 5.41) is 8.79. The second kappa shape index (κ2) is 3.43. The highest BCUT2D eigenvalue weighted by Crippen LogP contribution is 2.33. The average molecular weight is 234 g/mol. The molecule has 2 fully saturated rings. The summed E-state index contributed by atoms with van der Waals surface area (Å²) in [4.78, 5) is 10.7. The van der Waals surface area contributed by atoms with Crippen LogP contribution >= 0.6 is 0 Å². The Morgan fingerprint density at radius 2 is 2.00 bits per heavy atom. The topological polar surface area (TPSA) is 77.9 Å². The van der Waals surface area contributed by atoms with Gasteiger partial charge in [-0.25, -0.2) is 0 Å². The van der Waals surface area contributed by atoms with E-state index in [2.05, 4.69) is 0 Å². The van der Waals surface area contributed by atoms with Gasteiger partial charge in [-0.2, -0.15) is 17.0 Å². The van der Waals surface area contributed by atoms with E-state index in [9.17, 15) is 13.2 Å². The molecule has 0 amide bonds. The molecule has 86 valence electrons. The van der Waals surface area contributed by atoms with E-state index in [0.717, 1.165) is 17.1 Å². The van der Waals surface area contributed by atoms with Gasteiger partial charge in [0.05, 0.1) is 0 Å². The second-order valence-electron chi connectivity index (χ2n) is 3.97. The minimum atomic E-state index is -3.52. The summed E-state index contributed by atoms with van der Waals surface area (Å²) in [5.41, 5.74) is 0. The summed E-state index contributed by atoms with van der Waals surface area (Å²) in [6.07, 6.45) is 1.79. The van der Waals surface area contributed by atoms with Gasteiger partial charge >= 0.3 is 5.97 Å². The SMILES string of the molecule is C[C@H](C(=O)O)N1CCN(C2CC2)S1(=O)=O. The summed E-state index contributed by atoms with van der Waals surface area (Å²) in [5.74, 6) is -1.10. The van der Waals surface area contributed by atoms with Crippen molar-refractivity contribution in [2.24, 2.45) is 0 Å². The van der Waals surface area contributed by atoms with E-state index in [-0.39, 0.29) is 12.6 Å². The Morgan fingerprint density at radius 1 is 1.40 bits per heavy atom. The summed E-state index contributed by atoms with van der Waals surface area (Å²) in [7, 11) is -3.52. The lowest BCUT2D eigenvalue weighted by Gasteiger charge is -2.21. The molecule has 1 N–H and O–H groups in total. The fourth-order valence-corrected chi connectivity index (χ4v) is 3.78. The number of carboxylic acid groups (broad SMARTS) is 1. The second-order valence-corrected chi connectivity index (χ2v) is 5.81. The zero-order chi connectivity index (χ0) is 11.2. The smallest absolute Gasteiger partial charge is 0.321 e. The van der Waals surface area contributed by atoms with Crippen molar-refractivity contribution in [2.45, 2.75) is 31.8 Å². The third-order valence-electron chi connectivity index (χ3n) is 2.88. The van der Waals surface area contributed by atoms with Crippen LogP contribution in [0.4, 0.5) is 0 Å². The summed E-state index contributed by atoms with van der Waals surface area (Å²) < 4.78 is 26.3. The van der Waals surface area contributed by atoms with Gasteiger partial charge in [0.15, 0.2) is 0 Å².